The van der Waals surface area contributed by atoms with Gasteiger partial charge in [-0.05, 0) is 40.9 Å². The van der Waals surface area contributed by atoms with Crippen LogP contribution in [0.1, 0.15) is 22.5 Å². The van der Waals surface area contributed by atoms with Crippen molar-refractivity contribution in [3.05, 3.63) is 20.8 Å². The summed E-state index contributed by atoms with van der Waals surface area (Å²) >= 11 is 4.88. The van der Waals surface area contributed by atoms with Crippen LogP contribution in [0.4, 0.5) is 0 Å². The Kier molecular flexibility index (Phi) is 4.21. The van der Waals surface area contributed by atoms with Crippen molar-refractivity contribution in [3.63, 3.8) is 0 Å². The molecule has 2 saturated heterocycles. The average molecular weight is 346 g/mol. The number of hydrogen-bond donors (Lipinski definition) is 0. The third-order valence-corrected chi connectivity index (χ3v) is 5.17. The van der Waals surface area contributed by atoms with Crippen molar-refractivity contribution in [1.82, 2.24) is 4.90 Å². The summed E-state index contributed by atoms with van der Waals surface area (Å²) in [6, 6.07) is 3.80. The Labute approximate surface area is 124 Å². The van der Waals surface area contributed by atoms with Crippen molar-refractivity contribution >= 4 is 33.2 Å². The molecule has 0 radical (unpaired) electrons. The summed E-state index contributed by atoms with van der Waals surface area (Å²) in [5.41, 5.74) is 0. The summed E-state index contributed by atoms with van der Waals surface area (Å²) in [6.07, 6.45) is 1.97. The van der Waals surface area contributed by atoms with Crippen LogP contribution in [-0.2, 0) is 9.47 Å². The molecule has 0 bridgehead atoms. The zero-order valence-corrected chi connectivity index (χ0v) is 12.9. The quantitative estimate of drug-likeness (QED) is 0.827. The number of amides is 1. The Morgan fingerprint density at radius 1 is 1.37 bits per heavy atom. The van der Waals surface area contributed by atoms with Gasteiger partial charge in [0.15, 0.2) is 6.29 Å². The highest BCUT2D eigenvalue weighted by molar-refractivity contribution is 9.11. The predicted molar refractivity (Wildman–Crippen MR) is 76.3 cm³/mol. The van der Waals surface area contributed by atoms with Crippen LogP contribution in [0.3, 0.4) is 0 Å². The van der Waals surface area contributed by atoms with Gasteiger partial charge in [0.1, 0.15) is 0 Å². The zero-order valence-electron chi connectivity index (χ0n) is 10.5. The lowest BCUT2D eigenvalue weighted by Crippen LogP contribution is -2.43. The zero-order chi connectivity index (χ0) is 13.2. The molecule has 0 aliphatic carbocycles. The van der Waals surface area contributed by atoms with Crippen LogP contribution >= 0.6 is 27.3 Å². The normalized spacial score (nSPS) is 24.9. The maximum Gasteiger partial charge on any atom is 0.263 e. The maximum absolute atomic E-state index is 12.4. The van der Waals surface area contributed by atoms with Crippen LogP contribution in [0, 0.1) is 5.92 Å². The molecule has 3 heterocycles. The summed E-state index contributed by atoms with van der Waals surface area (Å²) in [4.78, 5) is 15.1. The Morgan fingerprint density at radius 3 is 2.84 bits per heavy atom. The Balaban J connectivity index is 1.65. The van der Waals surface area contributed by atoms with E-state index < -0.39 is 0 Å². The highest BCUT2D eigenvalue weighted by Gasteiger charge is 2.33. The van der Waals surface area contributed by atoms with Gasteiger partial charge in [0, 0.05) is 19.0 Å². The van der Waals surface area contributed by atoms with Crippen LogP contribution in [0.2, 0.25) is 0 Å². The number of rotatable bonds is 2. The largest absolute Gasteiger partial charge is 0.350 e. The van der Waals surface area contributed by atoms with E-state index in [-0.39, 0.29) is 12.2 Å². The standard InChI is InChI=1S/C13H16BrNO3S/c14-11-4-3-10(19-11)12(16)15-5-1-2-9(8-15)13-17-6-7-18-13/h3-4,9,13H,1-2,5-8H2. The molecule has 6 heteroatoms. The monoisotopic (exact) mass is 345 g/mol. The van der Waals surface area contributed by atoms with E-state index in [0.717, 1.165) is 34.6 Å². The molecule has 1 aromatic heterocycles. The van der Waals surface area contributed by atoms with Gasteiger partial charge in [0.2, 0.25) is 0 Å². The fourth-order valence-corrected chi connectivity index (χ4v) is 4.00. The van der Waals surface area contributed by atoms with Crippen molar-refractivity contribution < 1.29 is 14.3 Å². The lowest BCUT2D eigenvalue weighted by molar-refractivity contribution is -0.0968. The van der Waals surface area contributed by atoms with Crippen molar-refractivity contribution in [2.24, 2.45) is 5.92 Å². The van der Waals surface area contributed by atoms with Crippen molar-refractivity contribution in [3.8, 4) is 0 Å². The fourth-order valence-electron chi connectivity index (χ4n) is 2.65. The minimum Gasteiger partial charge on any atom is -0.350 e. The van der Waals surface area contributed by atoms with Crippen LogP contribution < -0.4 is 0 Å². The van der Waals surface area contributed by atoms with E-state index in [9.17, 15) is 4.79 Å². The molecule has 1 unspecified atom stereocenters. The molecule has 1 aromatic rings. The maximum atomic E-state index is 12.4. The van der Waals surface area contributed by atoms with Crippen molar-refractivity contribution in [2.45, 2.75) is 19.1 Å². The highest BCUT2D eigenvalue weighted by atomic mass is 79.9. The third kappa shape index (κ3) is 3.02. The lowest BCUT2D eigenvalue weighted by atomic mass is 9.97. The minimum absolute atomic E-state index is 0.120. The molecular formula is C13H16BrNO3S. The fraction of sp³-hybridized carbons (Fsp3) is 0.615. The minimum atomic E-state index is -0.120. The van der Waals surface area contributed by atoms with E-state index in [1.807, 2.05) is 17.0 Å². The van der Waals surface area contributed by atoms with E-state index >= 15 is 0 Å². The molecule has 0 spiro atoms. The van der Waals surface area contributed by atoms with E-state index in [2.05, 4.69) is 15.9 Å². The molecule has 1 amide bonds. The number of carbonyl (C=O) groups excluding carboxylic acids is 1. The summed E-state index contributed by atoms with van der Waals surface area (Å²) in [7, 11) is 0. The average Bonchev–Trinajstić information content (AvgIpc) is 3.09. The van der Waals surface area contributed by atoms with Crippen LogP contribution in [-0.4, -0.2) is 43.4 Å². The van der Waals surface area contributed by atoms with Gasteiger partial charge in [-0.15, -0.1) is 11.3 Å². The molecule has 2 aliphatic rings. The molecule has 0 N–H and O–H groups in total. The van der Waals surface area contributed by atoms with Gasteiger partial charge >= 0.3 is 0 Å². The molecule has 2 aliphatic heterocycles. The first-order valence-corrected chi connectivity index (χ1v) is 8.13. The first kappa shape index (κ1) is 13.5. The van der Waals surface area contributed by atoms with E-state index in [1.165, 1.54) is 11.3 Å². The second-order valence-corrected chi connectivity index (χ2v) is 7.33. The van der Waals surface area contributed by atoms with Gasteiger partial charge < -0.3 is 14.4 Å². The van der Waals surface area contributed by atoms with Crippen molar-refractivity contribution in [1.29, 1.82) is 0 Å². The molecule has 0 aromatic carbocycles. The highest BCUT2D eigenvalue weighted by Crippen LogP contribution is 2.28. The molecule has 2 fully saturated rings. The van der Waals surface area contributed by atoms with Gasteiger partial charge in [0.25, 0.3) is 5.91 Å². The number of hydrogen-bond acceptors (Lipinski definition) is 4. The van der Waals surface area contributed by atoms with Crippen molar-refractivity contribution in [2.75, 3.05) is 26.3 Å². The molecule has 19 heavy (non-hydrogen) atoms. The molecule has 104 valence electrons. The summed E-state index contributed by atoms with van der Waals surface area (Å²) in [5.74, 6) is 0.432. The van der Waals surface area contributed by atoms with Gasteiger partial charge in [-0.25, -0.2) is 0 Å². The Hall–Kier alpha value is -0.430. The smallest absolute Gasteiger partial charge is 0.263 e. The summed E-state index contributed by atoms with van der Waals surface area (Å²) < 4.78 is 12.1. The second-order valence-electron chi connectivity index (χ2n) is 4.87. The molecule has 0 saturated carbocycles. The summed E-state index contributed by atoms with van der Waals surface area (Å²) in [5, 5.41) is 0. The first-order valence-electron chi connectivity index (χ1n) is 6.52. The number of ether oxygens (including phenoxy) is 2. The SMILES string of the molecule is O=C(c1ccc(Br)s1)N1CCCC(C2OCCO2)C1. The van der Waals surface area contributed by atoms with Crippen LogP contribution in [0.25, 0.3) is 0 Å². The van der Waals surface area contributed by atoms with Gasteiger partial charge in [-0.3, -0.25) is 4.79 Å². The Bertz CT molecular complexity index is 458. The number of piperidine rings is 1. The second kappa shape index (κ2) is 5.91. The van der Waals surface area contributed by atoms with Crippen LogP contribution in [0.15, 0.2) is 15.9 Å². The van der Waals surface area contributed by atoms with Gasteiger partial charge in [0.05, 0.1) is 21.9 Å². The van der Waals surface area contributed by atoms with E-state index in [1.54, 1.807) is 0 Å². The third-order valence-electron chi connectivity index (χ3n) is 3.56. The number of thiophene rings is 1. The topological polar surface area (TPSA) is 38.8 Å². The lowest BCUT2D eigenvalue weighted by Gasteiger charge is -2.34. The molecule has 3 rings (SSSR count). The first-order chi connectivity index (χ1) is 9.24. The van der Waals surface area contributed by atoms with Gasteiger partial charge in [-0.2, -0.15) is 0 Å². The number of carbonyl (C=O) groups is 1. The van der Waals surface area contributed by atoms with E-state index in [4.69, 9.17) is 9.47 Å². The molecule has 4 nitrogen and oxygen atoms in total. The predicted octanol–water partition coefficient (Wildman–Crippen LogP) is 2.74. The molecular weight excluding hydrogens is 330 g/mol. The molecule has 1 atom stereocenters. The van der Waals surface area contributed by atoms with Crippen LogP contribution in [0.5, 0.6) is 0 Å². The number of nitrogens with zero attached hydrogens (tertiary/aromatic N) is 1. The number of likely N-dealkylation sites (tertiary alicyclic amines) is 1. The summed E-state index contributed by atoms with van der Waals surface area (Å²) in [6.45, 7) is 2.91. The van der Waals surface area contributed by atoms with Gasteiger partial charge in [-0.1, -0.05) is 0 Å². The Morgan fingerprint density at radius 2 is 2.16 bits per heavy atom. The number of halogens is 1. The van der Waals surface area contributed by atoms with E-state index in [0.29, 0.717) is 19.1 Å².